The Kier molecular flexibility index (Phi) is 5.18. The van der Waals surface area contributed by atoms with Gasteiger partial charge in [-0.3, -0.25) is 10.2 Å². The number of ether oxygens (including phenoxy) is 1. The lowest BCUT2D eigenvalue weighted by Crippen LogP contribution is -2.32. The van der Waals surface area contributed by atoms with Crippen LogP contribution in [0.5, 0.6) is 0 Å². The Morgan fingerprint density at radius 3 is 2.83 bits per heavy atom. The maximum absolute atomic E-state index is 11.8. The zero-order valence-corrected chi connectivity index (χ0v) is 10.7. The molecular formula is C9H12N4O4S. The minimum atomic E-state index is -0.855. The molecule has 0 aliphatic heterocycles. The number of aromatic nitrogens is 2. The molecule has 1 heterocycles. The van der Waals surface area contributed by atoms with Crippen molar-refractivity contribution in [3.8, 4) is 0 Å². The largest absolute Gasteiger partial charge is 0.461 e. The summed E-state index contributed by atoms with van der Waals surface area (Å²) in [6.07, 6.45) is 0. The number of esters is 1. The van der Waals surface area contributed by atoms with Gasteiger partial charge in [-0.05, 0) is 6.92 Å². The molecule has 0 fully saturated rings. The topological polar surface area (TPSA) is 107 Å². The van der Waals surface area contributed by atoms with E-state index >= 15 is 0 Å². The molecule has 1 N–H and O–H groups in total. The molecule has 0 saturated heterocycles. The van der Waals surface area contributed by atoms with Crippen molar-refractivity contribution in [3.05, 3.63) is 10.3 Å². The van der Waals surface area contributed by atoms with Crippen LogP contribution in [0.25, 0.3) is 0 Å². The third-order valence-electron chi connectivity index (χ3n) is 1.79. The van der Waals surface area contributed by atoms with E-state index in [2.05, 4.69) is 19.8 Å². The number of hydrogen-bond donors (Lipinski definition) is 1. The number of oxime groups is 1. The van der Waals surface area contributed by atoms with Crippen LogP contribution in [0.1, 0.15) is 6.92 Å². The van der Waals surface area contributed by atoms with E-state index in [-0.39, 0.29) is 18.0 Å². The van der Waals surface area contributed by atoms with E-state index in [1.807, 2.05) is 0 Å². The second kappa shape index (κ2) is 6.64. The lowest BCUT2D eigenvalue weighted by molar-refractivity contribution is -0.136. The minimum Gasteiger partial charge on any atom is -0.461 e. The SMILES string of the molecule is CCOC(=O)/C(=N\OC)C(=O)Cn1ncsc1=N. The monoisotopic (exact) mass is 272 g/mol. The number of nitrogens with zero attached hydrogens (tertiary/aromatic N) is 3. The Morgan fingerprint density at radius 2 is 2.33 bits per heavy atom. The Bertz CT molecular complexity index is 519. The Labute approximate surface area is 106 Å². The van der Waals surface area contributed by atoms with Crippen LogP contribution < -0.4 is 4.80 Å². The van der Waals surface area contributed by atoms with Crippen LogP contribution >= 0.6 is 11.3 Å². The molecule has 9 heteroatoms. The lowest BCUT2D eigenvalue weighted by atomic mass is 10.2. The summed E-state index contributed by atoms with van der Waals surface area (Å²) in [5, 5.41) is 14.6. The quantitative estimate of drug-likeness (QED) is 0.327. The van der Waals surface area contributed by atoms with Gasteiger partial charge < -0.3 is 9.57 Å². The third-order valence-corrected chi connectivity index (χ3v) is 2.43. The van der Waals surface area contributed by atoms with Crippen LogP contribution in [0.2, 0.25) is 0 Å². The second-order valence-electron chi connectivity index (χ2n) is 2.97. The fraction of sp³-hybridized carbons (Fsp3) is 0.444. The van der Waals surface area contributed by atoms with Gasteiger partial charge in [0.15, 0.2) is 4.80 Å². The summed E-state index contributed by atoms with van der Waals surface area (Å²) in [6.45, 7) is 1.48. The third kappa shape index (κ3) is 3.48. The number of Topliss-reactive ketones (excluding diaryl/α,β-unsaturated/α-hetero) is 1. The highest BCUT2D eigenvalue weighted by Crippen LogP contribution is 1.93. The van der Waals surface area contributed by atoms with E-state index in [1.165, 1.54) is 12.6 Å². The van der Waals surface area contributed by atoms with Crippen LogP contribution in [-0.2, 0) is 25.7 Å². The molecule has 0 amide bonds. The molecule has 1 rings (SSSR count). The molecule has 1 aromatic rings. The van der Waals surface area contributed by atoms with E-state index < -0.39 is 17.5 Å². The van der Waals surface area contributed by atoms with Gasteiger partial charge in [0.1, 0.15) is 19.2 Å². The second-order valence-corrected chi connectivity index (χ2v) is 3.80. The van der Waals surface area contributed by atoms with Crippen LogP contribution in [0, 0.1) is 5.41 Å². The van der Waals surface area contributed by atoms with Crippen molar-refractivity contribution in [2.45, 2.75) is 13.5 Å². The number of hydrogen-bond acceptors (Lipinski definition) is 8. The summed E-state index contributed by atoms with van der Waals surface area (Å²) in [6, 6.07) is 0. The summed E-state index contributed by atoms with van der Waals surface area (Å²) in [5.41, 5.74) is 0.979. The van der Waals surface area contributed by atoms with E-state index in [9.17, 15) is 9.59 Å². The van der Waals surface area contributed by atoms with E-state index in [0.717, 1.165) is 16.0 Å². The number of carbonyl (C=O) groups is 2. The maximum Gasteiger partial charge on any atom is 0.364 e. The first-order chi connectivity index (χ1) is 8.60. The van der Waals surface area contributed by atoms with Crippen LogP contribution in [-0.4, -0.2) is 41.0 Å². The van der Waals surface area contributed by atoms with Crippen molar-refractivity contribution >= 4 is 28.8 Å². The molecule has 0 spiro atoms. The van der Waals surface area contributed by atoms with Gasteiger partial charge in [-0.25, -0.2) is 9.48 Å². The van der Waals surface area contributed by atoms with Gasteiger partial charge in [-0.15, -0.1) is 0 Å². The molecule has 0 radical (unpaired) electrons. The zero-order valence-electron chi connectivity index (χ0n) is 9.87. The molecule has 18 heavy (non-hydrogen) atoms. The molecule has 98 valence electrons. The Balaban J connectivity index is 2.85. The average molecular weight is 272 g/mol. The van der Waals surface area contributed by atoms with Crippen molar-refractivity contribution in [2.24, 2.45) is 5.16 Å². The Morgan fingerprint density at radius 1 is 1.61 bits per heavy atom. The van der Waals surface area contributed by atoms with Crippen molar-refractivity contribution < 1.29 is 19.2 Å². The first-order valence-electron chi connectivity index (χ1n) is 4.96. The normalized spacial score (nSPS) is 11.1. The van der Waals surface area contributed by atoms with E-state index in [4.69, 9.17) is 5.41 Å². The van der Waals surface area contributed by atoms with Gasteiger partial charge in [0, 0.05) is 0 Å². The predicted octanol–water partition coefficient (Wildman–Crippen LogP) is -0.441. The van der Waals surface area contributed by atoms with Crippen molar-refractivity contribution in [3.63, 3.8) is 0 Å². The fourth-order valence-electron chi connectivity index (χ4n) is 1.06. The summed E-state index contributed by atoms with van der Waals surface area (Å²) in [4.78, 5) is 27.8. The number of nitrogens with one attached hydrogen (secondary N) is 1. The zero-order chi connectivity index (χ0) is 13.5. The van der Waals surface area contributed by atoms with E-state index in [1.54, 1.807) is 6.92 Å². The maximum atomic E-state index is 11.8. The molecule has 1 aromatic heterocycles. The standard InChI is InChI=1S/C9H12N4O4S/c1-3-17-8(15)7(12-16-2)6(14)4-13-9(10)18-5-11-13/h5,10H,3-4H2,1-2H3/b10-9?,12-7-. The molecule has 0 saturated carbocycles. The average Bonchev–Trinajstić information content (AvgIpc) is 2.72. The van der Waals surface area contributed by atoms with Gasteiger partial charge in [-0.1, -0.05) is 16.5 Å². The highest BCUT2D eigenvalue weighted by atomic mass is 32.1. The summed E-state index contributed by atoms with van der Waals surface area (Å²) in [7, 11) is 1.22. The van der Waals surface area contributed by atoms with Gasteiger partial charge in [-0.2, -0.15) is 5.10 Å². The number of ketones is 1. The lowest BCUT2D eigenvalue weighted by Gasteiger charge is -2.04. The van der Waals surface area contributed by atoms with Gasteiger partial charge in [0.2, 0.25) is 11.5 Å². The molecule has 0 aliphatic rings. The van der Waals surface area contributed by atoms with E-state index in [0.29, 0.717) is 0 Å². The summed E-state index contributed by atoms with van der Waals surface area (Å²) >= 11 is 1.07. The van der Waals surface area contributed by atoms with Crippen molar-refractivity contribution in [1.29, 1.82) is 5.41 Å². The first kappa shape index (κ1) is 14.0. The molecular weight excluding hydrogens is 260 g/mol. The highest BCUT2D eigenvalue weighted by molar-refractivity contribution is 7.06. The summed E-state index contributed by atoms with van der Waals surface area (Å²) < 4.78 is 5.83. The van der Waals surface area contributed by atoms with Gasteiger partial charge >= 0.3 is 5.97 Å². The predicted molar refractivity (Wildman–Crippen MR) is 62.0 cm³/mol. The molecule has 8 nitrogen and oxygen atoms in total. The fourth-order valence-corrected chi connectivity index (χ4v) is 1.55. The first-order valence-corrected chi connectivity index (χ1v) is 5.84. The minimum absolute atomic E-state index is 0.101. The van der Waals surface area contributed by atoms with Crippen molar-refractivity contribution in [1.82, 2.24) is 9.78 Å². The molecule has 0 aromatic carbocycles. The van der Waals surface area contributed by atoms with Crippen LogP contribution in [0.15, 0.2) is 10.7 Å². The molecule has 0 atom stereocenters. The molecule has 0 bridgehead atoms. The smallest absolute Gasteiger partial charge is 0.364 e. The molecule has 0 aliphatic carbocycles. The van der Waals surface area contributed by atoms with Crippen LogP contribution in [0.4, 0.5) is 0 Å². The number of carbonyl (C=O) groups excluding carboxylic acids is 2. The highest BCUT2D eigenvalue weighted by Gasteiger charge is 2.23. The van der Waals surface area contributed by atoms with Crippen LogP contribution in [0.3, 0.4) is 0 Å². The van der Waals surface area contributed by atoms with Gasteiger partial charge in [0.25, 0.3) is 0 Å². The van der Waals surface area contributed by atoms with Crippen molar-refractivity contribution in [2.75, 3.05) is 13.7 Å². The molecule has 0 unspecified atom stereocenters. The Hall–Kier alpha value is -2.03. The van der Waals surface area contributed by atoms with Gasteiger partial charge in [0.05, 0.1) is 6.61 Å². The summed E-state index contributed by atoms with van der Waals surface area (Å²) in [5.74, 6) is -1.48. The number of rotatable bonds is 6.